The molecule has 4 heteroatoms. The Labute approximate surface area is 104 Å². The molecule has 0 radical (unpaired) electrons. The fraction of sp³-hybridized carbons (Fsp3) is 0.0769. The number of carbonyl (C=O) groups is 1. The van der Waals surface area contributed by atoms with Gasteiger partial charge >= 0.3 is 5.97 Å². The molecule has 0 aliphatic heterocycles. The highest BCUT2D eigenvalue weighted by Crippen LogP contribution is 2.29. The number of aryl methyl sites for hydroxylation is 1. The number of benzene rings is 1. The topological polar surface area (TPSA) is 50.2 Å². The highest BCUT2D eigenvalue weighted by atomic mass is 32.2. The van der Waals surface area contributed by atoms with Crippen LogP contribution in [0.25, 0.3) is 0 Å². The molecule has 1 heterocycles. The lowest BCUT2D eigenvalue weighted by Crippen LogP contribution is -2.03. The van der Waals surface area contributed by atoms with E-state index in [9.17, 15) is 9.90 Å². The van der Waals surface area contributed by atoms with Gasteiger partial charge in [0.2, 0.25) is 0 Å². The molecule has 0 unspecified atom stereocenters. The SMILES string of the molecule is Cc1ccnc(Sc2ccccc2)c1C(=O)O. The molecule has 0 spiro atoms. The molecule has 0 aliphatic rings. The van der Waals surface area contributed by atoms with E-state index in [1.807, 2.05) is 30.3 Å². The van der Waals surface area contributed by atoms with Crippen LogP contribution in [0.2, 0.25) is 0 Å². The molecule has 0 aliphatic carbocycles. The third-order valence-corrected chi connectivity index (χ3v) is 3.31. The van der Waals surface area contributed by atoms with Crippen LogP contribution in [0.3, 0.4) is 0 Å². The van der Waals surface area contributed by atoms with Crippen molar-refractivity contribution in [3.63, 3.8) is 0 Å². The van der Waals surface area contributed by atoms with E-state index in [-0.39, 0.29) is 5.56 Å². The van der Waals surface area contributed by atoms with Gasteiger partial charge in [-0.1, -0.05) is 30.0 Å². The molecule has 0 amide bonds. The molecule has 0 saturated carbocycles. The Bertz CT molecular complexity index is 540. The van der Waals surface area contributed by atoms with Crippen LogP contribution in [-0.2, 0) is 0 Å². The molecule has 0 saturated heterocycles. The van der Waals surface area contributed by atoms with Gasteiger partial charge in [0.1, 0.15) is 5.03 Å². The summed E-state index contributed by atoms with van der Waals surface area (Å²) in [6, 6.07) is 11.3. The van der Waals surface area contributed by atoms with Crippen LogP contribution in [0, 0.1) is 6.92 Å². The highest BCUT2D eigenvalue weighted by molar-refractivity contribution is 7.99. The molecule has 3 nitrogen and oxygen atoms in total. The van der Waals surface area contributed by atoms with Crippen molar-refractivity contribution in [1.29, 1.82) is 0 Å². The third kappa shape index (κ3) is 2.65. The molecular formula is C13H11NO2S. The summed E-state index contributed by atoms with van der Waals surface area (Å²) in [6.45, 7) is 1.78. The van der Waals surface area contributed by atoms with Crippen molar-refractivity contribution in [2.45, 2.75) is 16.8 Å². The molecule has 1 aromatic heterocycles. The molecule has 2 aromatic rings. The first kappa shape index (κ1) is 11.7. The Balaban J connectivity index is 2.40. The molecule has 0 fully saturated rings. The molecule has 0 atom stereocenters. The number of hydrogen-bond donors (Lipinski definition) is 1. The maximum absolute atomic E-state index is 11.2. The van der Waals surface area contributed by atoms with Crippen molar-refractivity contribution >= 4 is 17.7 Å². The fourth-order valence-electron chi connectivity index (χ4n) is 1.47. The molecule has 1 aromatic carbocycles. The van der Waals surface area contributed by atoms with Gasteiger partial charge in [0.25, 0.3) is 0 Å². The Hall–Kier alpha value is -1.81. The minimum atomic E-state index is -0.936. The van der Waals surface area contributed by atoms with Gasteiger partial charge in [0.05, 0.1) is 5.56 Å². The van der Waals surface area contributed by atoms with E-state index in [0.717, 1.165) is 10.5 Å². The van der Waals surface area contributed by atoms with Gasteiger partial charge < -0.3 is 5.11 Å². The lowest BCUT2D eigenvalue weighted by Gasteiger charge is -2.06. The fourth-order valence-corrected chi connectivity index (χ4v) is 2.45. The summed E-state index contributed by atoms with van der Waals surface area (Å²) in [7, 11) is 0. The summed E-state index contributed by atoms with van der Waals surface area (Å²) in [5, 5.41) is 9.70. The number of pyridine rings is 1. The summed E-state index contributed by atoms with van der Waals surface area (Å²) in [6.07, 6.45) is 1.63. The Morgan fingerprint density at radius 2 is 1.94 bits per heavy atom. The summed E-state index contributed by atoms with van der Waals surface area (Å²) >= 11 is 1.36. The van der Waals surface area contributed by atoms with Gasteiger partial charge in [0, 0.05) is 11.1 Å². The zero-order chi connectivity index (χ0) is 12.3. The predicted octanol–water partition coefficient (Wildman–Crippen LogP) is 3.24. The number of nitrogens with zero attached hydrogens (tertiary/aromatic N) is 1. The van der Waals surface area contributed by atoms with Crippen LogP contribution in [0.15, 0.2) is 52.5 Å². The maximum atomic E-state index is 11.2. The first-order chi connectivity index (χ1) is 8.18. The molecule has 1 N–H and O–H groups in total. The first-order valence-electron chi connectivity index (χ1n) is 5.10. The van der Waals surface area contributed by atoms with Crippen molar-refractivity contribution in [3.05, 3.63) is 53.7 Å². The Morgan fingerprint density at radius 3 is 2.59 bits per heavy atom. The van der Waals surface area contributed by atoms with Crippen molar-refractivity contribution < 1.29 is 9.90 Å². The number of carboxylic acids is 1. The second-order valence-corrected chi connectivity index (χ2v) is 4.59. The molecular weight excluding hydrogens is 234 g/mol. The number of hydrogen-bond acceptors (Lipinski definition) is 3. The van der Waals surface area contributed by atoms with E-state index in [1.54, 1.807) is 19.2 Å². The predicted molar refractivity (Wildman–Crippen MR) is 66.5 cm³/mol. The van der Waals surface area contributed by atoms with Crippen LogP contribution in [-0.4, -0.2) is 16.1 Å². The standard InChI is InChI=1S/C13H11NO2S/c1-9-7-8-14-12(11(9)13(15)16)17-10-5-3-2-4-6-10/h2-8H,1H3,(H,15,16). The zero-order valence-electron chi connectivity index (χ0n) is 9.25. The van der Waals surface area contributed by atoms with Crippen molar-refractivity contribution in [1.82, 2.24) is 4.98 Å². The second kappa shape index (κ2) is 5.01. The van der Waals surface area contributed by atoms with E-state index < -0.39 is 5.97 Å². The number of carboxylic acid groups (broad SMARTS) is 1. The van der Waals surface area contributed by atoms with Crippen molar-refractivity contribution in [3.8, 4) is 0 Å². The number of aromatic carboxylic acids is 1. The van der Waals surface area contributed by atoms with E-state index in [0.29, 0.717) is 5.03 Å². The monoisotopic (exact) mass is 245 g/mol. The Kier molecular flexibility index (Phi) is 3.44. The first-order valence-corrected chi connectivity index (χ1v) is 5.92. The second-order valence-electron chi connectivity index (χ2n) is 3.53. The summed E-state index contributed by atoms with van der Waals surface area (Å²) in [4.78, 5) is 16.3. The minimum absolute atomic E-state index is 0.279. The largest absolute Gasteiger partial charge is 0.478 e. The average Bonchev–Trinajstić information content (AvgIpc) is 2.30. The van der Waals surface area contributed by atoms with Gasteiger partial charge in [-0.05, 0) is 30.7 Å². The zero-order valence-corrected chi connectivity index (χ0v) is 10.1. The van der Waals surface area contributed by atoms with E-state index in [2.05, 4.69) is 4.98 Å². The minimum Gasteiger partial charge on any atom is -0.478 e. The normalized spacial score (nSPS) is 10.2. The average molecular weight is 245 g/mol. The van der Waals surface area contributed by atoms with E-state index in [4.69, 9.17) is 0 Å². The van der Waals surface area contributed by atoms with Crippen LogP contribution >= 0.6 is 11.8 Å². The van der Waals surface area contributed by atoms with Crippen molar-refractivity contribution in [2.75, 3.05) is 0 Å². The molecule has 86 valence electrons. The Morgan fingerprint density at radius 1 is 1.24 bits per heavy atom. The summed E-state index contributed by atoms with van der Waals surface area (Å²) in [5.41, 5.74) is 1.01. The highest BCUT2D eigenvalue weighted by Gasteiger charge is 2.15. The smallest absolute Gasteiger partial charge is 0.338 e. The summed E-state index contributed by atoms with van der Waals surface area (Å²) < 4.78 is 0. The van der Waals surface area contributed by atoms with E-state index >= 15 is 0 Å². The number of rotatable bonds is 3. The molecule has 17 heavy (non-hydrogen) atoms. The van der Waals surface area contributed by atoms with Crippen LogP contribution < -0.4 is 0 Å². The van der Waals surface area contributed by atoms with Gasteiger partial charge in [-0.15, -0.1) is 0 Å². The van der Waals surface area contributed by atoms with E-state index in [1.165, 1.54) is 11.8 Å². The van der Waals surface area contributed by atoms with Crippen LogP contribution in [0.4, 0.5) is 0 Å². The maximum Gasteiger partial charge on any atom is 0.338 e. The number of aromatic nitrogens is 1. The molecule has 2 rings (SSSR count). The van der Waals surface area contributed by atoms with Gasteiger partial charge in [-0.25, -0.2) is 9.78 Å². The van der Waals surface area contributed by atoms with Gasteiger partial charge in [-0.3, -0.25) is 0 Å². The van der Waals surface area contributed by atoms with Crippen molar-refractivity contribution in [2.24, 2.45) is 0 Å². The quantitative estimate of drug-likeness (QED) is 0.901. The lowest BCUT2D eigenvalue weighted by molar-refractivity contribution is 0.0691. The summed E-state index contributed by atoms with van der Waals surface area (Å²) in [5.74, 6) is -0.936. The molecule has 0 bridgehead atoms. The van der Waals surface area contributed by atoms with Crippen LogP contribution in [0.1, 0.15) is 15.9 Å². The third-order valence-electron chi connectivity index (χ3n) is 2.30. The van der Waals surface area contributed by atoms with Crippen LogP contribution in [0.5, 0.6) is 0 Å². The van der Waals surface area contributed by atoms with Gasteiger partial charge in [0.15, 0.2) is 0 Å². The lowest BCUT2D eigenvalue weighted by atomic mass is 10.2. The van der Waals surface area contributed by atoms with Gasteiger partial charge in [-0.2, -0.15) is 0 Å².